The number of fused-ring (bicyclic) bond motifs is 3. The van der Waals surface area contributed by atoms with Crippen LogP contribution < -0.4 is 15.1 Å². The number of benzene rings is 2. The predicted molar refractivity (Wildman–Crippen MR) is 121 cm³/mol. The highest BCUT2D eigenvalue weighted by Crippen LogP contribution is 2.52. The van der Waals surface area contributed by atoms with Crippen LogP contribution in [-0.2, 0) is 16.6 Å². The Morgan fingerprint density at radius 3 is 2.52 bits per heavy atom. The number of nitrogens with zero attached hydrogens (tertiary/aromatic N) is 2. The molecule has 1 fully saturated rings. The summed E-state index contributed by atoms with van der Waals surface area (Å²) in [5.41, 5.74) is 5.38. The van der Waals surface area contributed by atoms with Crippen LogP contribution in [0, 0.1) is 0 Å². The van der Waals surface area contributed by atoms with Crippen molar-refractivity contribution in [3.05, 3.63) is 65.2 Å². The first-order valence-corrected chi connectivity index (χ1v) is 10.5. The normalized spacial score (nSPS) is 22.4. The molecule has 4 rings (SSSR count). The molecule has 2 aliphatic heterocycles. The zero-order valence-corrected chi connectivity index (χ0v) is 18.1. The Morgan fingerprint density at radius 2 is 1.86 bits per heavy atom. The molecule has 4 nitrogen and oxygen atoms in total. The molecule has 2 aromatic rings. The molecule has 0 radical (unpaired) electrons. The molecule has 152 valence electrons. The molecule has 2 heterocycles. The molecule has 1 atom stereocenters. The van der Waals surface area contributed by atoms with Gasteiger partial charge in [-0.25, -0.2) is 0 Å². The van der Waals surface area contributed by atoms with Crippen LogP contribution in [0.5, 0.6) is 0 Å². The first kappa shape index (κ1) is 19.6. The number of rotatable bonds is 4. The first-order chi connectivity index (χ1) is 13.8. The quantitative estimate of drug-likeness (QED) is 0.845. The molecule has 0 aliphatic carbocycles. The van der Waals surface area contributed by atoms with Crippen LogP contribution in [0.3, 0.4) is 0 Å². The van der Waals surface area contributed by atoms with E-state index in [4.69, 9.17) is 0 Å². The number of hydrogen-bond donors (Lipinski definition) is 1. The molecule has 1 saturated heterocycles. The first-order valence-electron chi connectivity index (χ1n) is 10.5. The second kappa shape index (κ2) is 6.94. The maximum atomic E-state index is 12.5. The van der Waals surface area contributed by atoms with Crippen molar-refractivity contribution in [1.29, 1.82) is 0 Å². The number of anilines is 2. The third kappa shape index (κ3) is 3.02. The number of amides is 1. The van der Waals surface area contributed by atoms with Crippen LogP contribution in [0.2, 0.25) is 0 Å². The van der Waals surface area contributed by atoms with Crippen molar-refractivity contribution >= 4 is 23.4 Å². The summed E-state index contributed by atoms with van der Waals surface area (Å²) in [5, 5.41) is 3.36. The Balaban J connectivity index is 1.78. The van der Waals surface area contributed by atoms with Gasteiger partial charge in [0.05, 0.1) is 0 Å². The molecule has 1 N–H and O–H groups in total. The summed E-state index contributed by atoms with van der Waals surface area (Å²) in [5.74, 6) is 0.116. The van der Waals surface area contributed by atoms with Crippen molar-refractivity contribution in [3.63, 3.8) is 0 Å². The van der Waals surface area contributed by atoms with Gasteiger partial charge >= 0.3 is 0 Å². The average Bonchev–Trinajstić information content (AvgIpc) is 2.90. The Labute approximate surface area is 174 Å². The van der Waals surface area contributed by atoms with Gasteiger partial charge in [0.2, 0.25) is 5.91 Å². The minimum atomic E-state index is -0.558. The second-order valence-electron chi connectivity index (χ2n) is 8.87. The summed E-state index contributed by atoms with van der Waals surface area (Å²) in [6, 6.07) is 15.3. The summed E-state index contributed by atoms with van der Waals surface area (Å²) in [6.07, 6.45) is 5.88. The van der Waals surface area contributed by atoms with Crippen molar-refractivity contribution in [1.82, 2.24) is 5.32 Å². The van der Waals surface area contributed by atoms with Crippen molar-refractivity contribution < 1.29 is 4.79 Å². The maximum Gasteiger partial charge on any atom is 0.223 e. The molecule has 1 amide bonds. The van der Waals surface area contributed by atoms with E-state index in [2.05, 4.69) is 90.5 Å². The second-order valence-corrected chi connectivity index (χ2v) is 8.87. The summed E-state index contributed by atoms with van der Waals surface area (Å²) in [7, 11) is 4.09. The third-order valence-electron chi connectivity index (χ3n) is 6.63. The maximum absolute atomic E-state index is 12.5. The number of nitrogens with one attached hydrogen (secondary N) is 1. The number of hydrogen-bond acceptors (Lipinski definition) is 3. The highest BCUT2D eigenvalue weighted by molar-refractivity contribution is 5.84. The smallest absolute Gasteiger partial charge is 0.223 e. The van der Waals surface area contributed by atoms with Crippen molar-refractivity contribution in [3.8, 4) is 0 Å². The van der Waals surface area contributed by atoms with Gasteiger partial charge in [-0.3, -0.25) is 4.79 Å². The third-order valence-corrected chi connectivity index (χ3v) is 6.63. The van der Waals surface area contributed by atoms with Gasteiger partial charge in [-0.15, -0.1) is 0 Å². The Morgan fingerprint density at radius 1 is 1.14 bits per heavy atom. The van der Waals surface area contributed by atoms with Crippen LogP contribution in [0.15, 0.2) is 48.5 Å². The van der Waals surface area contributed by atoms with Crippen molar-refractivity contribution in [2.75, 3.05) is 30.4 Å². The van der Waals surface area contributed by atoms with Crippen LogP contribution in [-0.4, -0.2) is 32.2 Å². The number of carbonyl (C=O) groups is 1. The molecule has 4 heteroatoms. The van der Waals surface area contributed by atoms with Gasteiger partial charge in [0.25, 0.3) is 0 Å². The topological polar surface area (TPSA) is 35.6 Å². The van der Waals surface area contributed by atoms with E-state index in [1.54, 1.807) is 0 Å². The lowest BCUT2D eigenvalue weighted by atomic mass is 9.74. The standard InChI is InChI=1S/C25H31N3O/c1-6-18-9-12-22-21(17-18)24(2,3)25(26-23(29)14-16-28(22)25)15-13-19-7-10-20(11-8-19)27(4)5/h7-13,15,17H,6,14,16H2,1-5H3,(H,26,29)/t25-/m1/s1. The van der Waals surface area contributed by atoms with Gasteiger partial charge in [-0.2, -0.15) is 0 Å². The minimum absolute atomic E-state index is 0.116. The SMILES string of the molecule is CCc1ccc2c(c1)C(C)(C)[C@]1(C=Cc3ccc(N(C)C)cc3)NC(=O)CCN21. The average molecular weight is 390 g/mol. The van der Waals surface area contributed by atoms with Gasteiger partial charge in [0.15, 0.2) is 0 Å². The summed E-state index contributed by atoms with van der Waals surface area (Å²) in [4.78, 5) is 17.0. The fourth-order valence-electron chi connectivity index (χ4n) is 4.72. The zero-order valence-electron chi connectivity index (χ0n) is 18.1. The van der Waals surface area contributed by atoms with Crippen LogP contribution in [0.1, 0.15) is 43.9 Å². The molecule has 0 spiro atoms. The van der Waals surface area contributed by atoms with Crippen LogP contribution in [0.25, 0.3) is 6.08 Å². The van der Waals surface area contributed by atoms with Crippen molar-refractivity contribution in [2.24, 2.45) is 0 Å². The number of aryl methyl sites for hydroxylation is 1. The Bertz CT molecular complexity index is 959. The van der Waals surface area contributed by atoms with Crippen LogP contribution >= 0.6 is 0 Å². The summed E-state index contributed by atoms with van der Waals surface area (Å²) >= 11 is 0. The molecule has 0 bridgehead atoms. The van der Waals surface area contributed by atoms with Gasteiger partial charge in [0.1, 0.15) is 5.66 Å². The van der Waals surface area contributed by atoms with E-state index in [0.717, 1.165) is 18.5 Å². The largest absolute Gasteiger partial charge is 0.378 e. The fraction of sp³-hybridized carbons (Fsp3) is 0.400. The van der Waals surface area contributed by atoms with Crippen LogP contribution in [0.4, 0.5) is 11.4 Å². The summed E-state index contributed by atoms with van der Waals surface area (Å²) < 4.78 is 0. The Hall–Kier alpha value is -2.75. The highest BCUT2D eigenvalue weighted by Gasteiger charge is 2.57. The van der Waals surface area contributed by atoms with E-state index in [1.807, 2.05) is 14.1 Å². The molecule has 2 aliphatic rings. The van der Waals surface area contributed by atoms with E-state index in [9.17, 15) is 4.79 Å². The predicted octanol–water partition coefficient (Wildman–Crippen LogP) is 4.34. The van der Waals surface area contributed by atoms with Gasteiger partial charge < -0.3 is 15.1 Å². The molecule has 2 aromatic carbocycles. The van der Waals surface area contributed by atoms with E-state index >= 15 is 0 Å². The molecular weight excluding hydrogens is 358 g/mol. The lowest BCUT2D eigenvalue weighted by molar-refractivity contribution is -0.124. The van der Waals surface area contributed by atoms with Gasteiger partial charge in [0, 0.05) is 43.9 Å². The summed E-state index contributed by atoms with van der Waals surface area (Å²) in [6.45, 7) is 7.41. The van der Waals surface area contributed by atoms with E-state index in [0.29, 0.717) is 6.42 Å². The van der Waals surface area contributed by atoms with E-state index < -0.39 is 5.66 Å². The monoisotopic (exact) mass is 389 g/mol. The van der Waals surface area contributed by atoms with Gasteiger partial charge in [-0.05, 0) is 47.4 Å². The lowest BCUT2D eigenvalue weighted by Gasteiger charge is -2.49. The molecular formula is C25H31N3O. The molecule has 29 heavy (non-hydrogen) atoms. The number of carbonyl (C=O) groups excluding carboxylic acids is 1. The molecule has 0 aromatic heterocycles. The van der Waals surface area contributed by atoms with E-state index in [1.165, 1.54) is 22.5 Å². The zero-order chi connectivity index (χ0) is 20.8. The fourth-order valence-corrected chi connectivity index (χ4v) is 4.72. The molecule has 0 saturated carbocycles. The van der Waals surface area contributed by atoms with E-state index in [-0.39, 0.29) is 11.3 Å². The Kier molecular flexibility index (Phi) is 4.68. The molecule has 0 unspecified atom stereocenters. The minimum Gasteiger partial charge on any atom is -0.378 e. The van der Waals surface area contributed by atoms with Gasteiger partial charge in [-0.1, -0.05) is 51.1 Å². The van der Waals surface area contributed by atoms with Crippen molar-refractivity contribution in [2.45, 2.75) is 44.7 Å². The highest BCUT2D eigenvalue weighted by atomic mass is 16.2. The lowest BCUT2D eigenvalue weighted by Crippen LogP contribution is -2.68.